The molecule has 0 aliphatic carbocycles. The van der Waals surface area contributed by atoms with Crippen molar-refractivity contribution in [3.05, 3.63) is 71.1 Å². The van der Waals surface area contributed by atoms with Crippen LogP contribution in [0.2, 0.25) is 0 Å². The predicted octanol–water partition coefficient (Wildman–Crippen LogP) is 4.50. The summed E-state index contributed by atoms with van der Waals surface area (Å²) in [5.41, 5.74) is 2.21. The number of ether oxygens (including phenoxy) is 1. The molecule has 0 saturated carbocycles. The molecule has 1 atom stereocenters. The molecule has 0 amide bonds. The lowest BCUT2D eigenvalue weighted by Gasteiger charge is -2.41. The molecule has 5 rings (SSSR count). The molecule has 12 heteroatoms. The van der Waals surface area contributed by atoms with E-state index in [4.69, 9.17) is 9.72 Å². The van der Waals surface area contributed by atoms with Crippen LogP contribution in [0.3, 0.4) is 0 Å². The van der Waals surface area contributed by atoms with Crippen molar-refractivity contribution in [1.82, 2.24) is 29.9 Å². The quantitative estimate of drug-likeness (QED) is 0.304. The van der Waals surface area contributed by atoms with Gasteiger partial charge in [0.1, 0.15) is 23.3 Å². The first-order valence-corrected chi connectivity index (χ1v) is 13.4. The summed E-state index contributed by atoms with van der Waals surface area (Å²) in [7, 11) is 1.58. The molecule has 212 valence electrons. The number of ketones is 1. The predicted molar refractivity (Wildman–Crippen MR) is 151 cm³/mol. The molecular weight excluding hydrogens is 525 g/mol. The maximum absolute atomic E-state index is 13.6. The highest BCUT2D eigenvalue weighted by molar-refractivity contribution is 5.88. The average molecular weight is 558 g/mol. The number of pyridine rings is 2. The number of nitrogens with one attached hydrogen (secondary N) is 2. The van der Waals surface area contributed by atoms with E-state index in [1.165, 1.54) is 10.9 Å². The van der Waals surface area contributed by atoms with E-state index >= 15 is 0 Å². The van der Waals surface area contributed by atoms with E-state index in [-0.39, 0.29) is 18.1 Å². The largest absolute Gasteiger partial charge is 0.370 e. The Hall–Kier alpha value is -4.63. The van der Waals surface area contributed by atoms with Gasteiger partial charge in [-0.25, -0.2) is 19.0 Å². The van der Waals surface area contributed by atoms with Gasteiger partial charge < -0.3 is 15.0 Å². The lowest BCUT2D eigenvalue weighted by Crippen LogP contribution is -2.51. The second kappa shape index (κ2) is 11.5. The second-order valence-corrected chi connectivity index (χ2v) is 10.5. The summed E-state index contributed by atoms with van der Waals surface area (Å²) >= 11 is 0. The fourth-order valence-corrected chi connectivity index (χ4v) is 5.21. The molecule has 0 bridgehead atoms. The molecule has 11 nitrogen and oxygen atoms in total. The van der Waals surface area contributed by atoms with E-state index < -0.39 is 11.4 Å². The van der Waals surface area contributed by atoms with Crippen molar-refractivity contribution >= 4 is 23.2 Å². The number of Topliss-reactive ketones (excluding diaryl/α,β-unsaturated/α-hetero) is 1. The first-order chi connectivity index (χ1) is 19.7. The molecule has 2 N–H and O–H groups in total. The van der Waals surface area contributed by atoms with E-state index in [1.807, 2.05) is 43.9 Å². The monoisotopic (exact) mass is 557 g/mol. The molecule has 4 aromatic heterocycles. The van der Waals surface area contributed by atoms with Crippen molar-refractivity contribution in [1.29, 1.82) is 5.26 Å². The Morgan fingerprint density at radius 2 is 2.02 bits per heavy atom. The van der Waals surface area contributed by atoms with Crippen LogP contribution in [0.15, 0.2) is 42.9 Å². The Morgan fingerprint density at radius 3 is 2.61 bits per heavy atom. The normalized spacial score (nSPS) is 15.4. The van der Waals surface area contributed by atoms with Crippen LogP contribution in [0.25, 0.3) is 5.82 Å². The summed E-state index contributed by atoms with van der Waals surface area (Å²) in [6, 6.07) is 9.63. The summed E-state index contributed by atoms with van der Waals surface area (Å²) in [6.07, 6.45) is 5.30. The van der Waals surface area contributed by atoms with Crippen LogP contribution in [0, 0.1) is 31.0 Å². The Balaban J connectivity index is 1.27. The highest BCUT2D eigenvalue weighted by Gasteiger charge is 2.42. The third kappa shape index (κ3) is 5.81. The number of nitrogens with zero attached hydrogens (tertiary/aromatic N) is 7. The molecule has 1 saturated heterocycles. The van der Waals surface area contributed by atoms with Gasteiger partial charge in [0.15, 0.2) is 23.2 Å². The van der Waals surface area contributed by atoms with Crippen LogP contribution in [0.4, 0.5) is 21.8 Å². The van der Waals surface area contributed by atoms with Gasteiger partial charge in [-0.1, -0.05) is 13.0 Å². The Bertz CT molecular complexity index is 1580. The number of methoxy groups -OCH3 is 1. The topological polar surface area (TPSA) is 138 Å². The maximum Gasteiger partial charge on any atom is 0.165 e. The zero-order valence-electron chi connectivity index (χ0n) is 23.5. The standard InChI is InChI=1S/C29H32FN9O2/c1-18(21-5-6-27(32-15-21)39-17-22(30)16-33-39)11-24(40)29(41-4)7-9-38(10-8-29)28-23(14-31)19(2)12-25(35-28)34-26-13-20(3)36-37-26/h5-6,12-13,15-18H,7-11H2,1-4H3,(H2,34,35,36,37)/t18-/m1/s1. The highest BCUT2D eigenvalue weighted by atomic mass is 19.1. The minimum atomic E-state index is -0.922. The van der Waals surface area contributed by atoms with Gasteiger partial charge in [-0.05, 0) is 43.0 Å². The number of nitriles is 1. The second-order valence-electron chi connectivity index (χ2n) is 10.5. The van der Waals surface area contributed by atoms with Gasteiger partial charge in [0, 0.05) is 57.4 Å². The Labute approximate surface area is 237 Å². The molecule has 0 unspecified atom stereocenters. The number of rotatable bonds is 9. The van der Waals surface area contributed by atoms with E-state index in [2.05, 4.69) is 31.7 Å². The van der Waals surface area contributed by atoms with Crippen LogP contribution < -0.4 is 10.2 Å². The van der Waals surface area contributed by atoms with Crippen molar-refractivity contribution in [3.8, 4) is 11.9 Å². The average Bonchev–Trinajstić information content (AvgIpc) is 3.60. The summed E-state index contributed by atoms with van der Waals surface area (Å²) in [4.78, 5) is 24.8. The summed E-state index contributed by atoms with van der Waals surface area (Å²) in [5, 5.41) is 24.1. The molecule has 4 aromatic rings. The first kappa shape index (κ1) is 27.9. The third-order valence-corrected chi connectivity index (χ3v) is 7.66. The molecule has 1 aliphatic rings. The fraction of sp³-hybridized carbons (Fsp3) is 0.379. The van der Waals surface area contributed by atoms with Crippen molar-refractivity contribution in [2.75, 3.05) is 30.4 Å². The third-order valence-electron chi connectivity index (χ3n) is 7.66. The highest BCUT2D eigenvalue weighted by Crippen LogP contribution is 2.35. The van der Waals surface area contributed by atoms with Crippen LogP contribution in [0.1, 0.15) is 54.5 Å². The SMILES string of the molecule is COC1(C(=O)C[C@@H](C)c2ccc(-n3cc(F)cn3)nc2)CCN(c2nc(Nc3cc(C)[nH]n3)cc(C)c2C#N)CC1. The fourth-order valence-electron chi connectivity index (χ4n) is 5.21. The number of aromatic nitrogens is 6. The number of hydrogen-bond acceptors (Lipinski definition) is 9. The summed E-state index contributed by atoms with van der Waals surface area (Å²) in [6.45, 7) is 6.80. The van der Waals surface area contributed by atoms with Gasteiger partial charge in [0.2, 0.25) is 0 Å². The van der Waals surface area contributed by atoms with E-state index in [1.54, 1.807) is 19.4 Å². The molecule has 5 heterocycles. The van der Waals surface area contributed by atoms with Crippen LogP contribution in [-0.2, 0) is 9.53 Å². The van der Waals surface area contributed by atoms with Crippen LogP contribution >= 0.6 is 0 Å². The molecular formula is C29H32FN9O2. The molecule has 0 radical (unpaired) electrons. The molecule has 0 aromatic carbocycles. The van der Waals surface area contributed by atoms with Crippen molar-refractivity contribution in [2.45, 2.75) is 51.6 Å². The van der Waals surface area contributed by atoms with Gasteiger partial charge in [-0.2, -0.15) is 15.5 Å². The first-order valence-electron chi connectivity index (χ1n) is 13.4. The maximum atomic E-state index is 13.6. The number of H-pyrrole nitrogens is 1. The zero-order valence-corrected chi connectivity index (χ0v) is 23.5. The molecule has 1 fully saturated rings. The van der Waals surface area contributed by atoms with E-state index in [9.17, 15) is 14.4 Å². The van der Waals surface area contributed by atoms with Crippen LogP contribution in [0.5, 0.6) is 0 Å². The lowest BCUT2D eigenvalue weighted by molar-refractivity contribution is -0.144. The van der Waals surface area contributed by atoms with Gasteiger partial charge in [-0.3, -0.25) is 9.89 Å². The minimum Gasteiger partial charge on any atom is -0.370 e. The van der Waals surface area contributed by atoms with E-state index in [0.29, 0.717) is 54.8 Å². The zero-order chi connectivity index (χ0) is 29.1. The lowest BCUT2D eigenvalue weighted by atomic mass is 9.82. The van der Waals surface area contributed by atoms with Gasteiger partial charge >= 0.3 is 0 Å². The molecule has 0 spiro atoms. The molecule has 41 heavy (non-hydrogen) atoms. The number of carbonyl (C=O) groups is 1. The number of halogens is 1. The van der Waals surface area contributed by atoms with Gasteiger partial charge in [0.05, 0.1) is 18.0 Å². The van der Waals surface area contributed by atoms with Crippen molar-refractivity contribution in [2.24, 2.45) is 0 Å². The van der Waals surface area contributed by atoms with Crippen LogP contribution in [-0.4, -0.2) is 61.5 Å². The summed E-state index contributed by atoms with van der Waals surface area (Å²) < 4.78 is 20.5. The number of anilines is 3. The molecule has 1 aliphatic heterocycles. The number of hydrogen-bond donors (Lipinski definition) is 2. The Kier molecular flexibility index (Phi) is 7.81. The smallest absolute Gasteiger partial charge is 0.165 e. The Morgan fingerprint density at radius 1 is 1.24 bits per heavy atom. The van der Waals surface area contributed by atoms with E-state index in [0.717, 1.165) is 23.0 Å². The van der Waals surface area contributed by atoms with Crippen molar-refractivity contribution in [3.63, 3.8) is 0 Å². The minimum absolute atomic E-state index is 0.0272. The number of piperidine rings is 1. The van der Waals surface area contributed by atoms with Crippen molar-refractivity contribution < 1.29 is 13.9 Å². The van der Waals surface area contributed by atoms with Gasteiger partial charge in [-0.15, -0.1) is 0 Å². The van der Waals surface area contributed by atoms with Gasteiger partial charge in [0.25, 0.3) is 0 Å². The number of carbonyl (C=O) groups excluding carboxylic acids is 1. The summed E-state index contributed by atoms with van der Waals surface area (Å²) in [5.74, 6) is 1.81. The number of aryl methyl sites for hydroxylation is 2. The number of aromatic amines is 1.